The molecule has 0 atom stereocenters. The van der Waals surface area contributed by atoms with Crippen LogP contribution in [0.15, 0.2) is 6.20 Å². The Morgan fingerprint density at radius 3 is 2.67 bits per heavy atom. The number of thiazole rings is 1. The topological polar surface area (TPSA) is 12.9 Å². The molecule has 1 aliphatic rings. The van der Waals surface area contributed by atoms with Crippen molar-refractivity contribution in [2.75, 3.05) is 0 Å². The number of hydrogen-bond donors (Lipinski definition) is 0. The van der Waals surface area contributed by atoms with Gasteiger partial charge in [-0.25, -0.2) is 4.98 Å². The summed E-state index contributed by atoms with van der Waals surface area (Å²) < 4.78 is 0. The maximum absolute atomic E-state index is 5.80. The summed E-state index contributed by atoms with van der Waals surface area (Å²) in [6.07, 6.45) is 8.71. The average Bonchev–Trinajstić information content (AvgIpc) is 2.78. The lowest BCUT2D eigenvalue weighted by molar-refractivity contribution is 0.318. The third-order valence-corrected chi connectivity index (χ3v) is 5.08. The van der Waals surface area contributed by atoms with Crippen molar-refractivity contribution in [3.63, 3.8) is 0 Å². The van der Waals surface area contributed by atoms with Gasteiger partial charge in [0.1, 0.15) is 0 Å². The molecule has 0 saturated heterocycles. The van der Waals surface area contributed by atoms with E-state index in [-0.39, 0.29) is 0 Å². The van der Waals surface area contributed by atoms with E-state index >= 15 is 0 Å². The van der Waals surface area contributed by atoms with Gasteiger partial charge in [-0.05, 0) is 31.6 Å². The van der Waals surface area contributed by atoms with Gasteiger partial charge in [-0.2, -0.15) is 0 Å². The van der Waals surface area contributed by atoms with E-state index in [0.29, 0.717) is 5.88 Å². The first kappa shape index (κ1) is 11.4. The second-order valence-electron chi connectivity index (χ2n) is 4.42. The molecule has 0 spiro atoms. The Bertz CT molecular complexity index is 302. The summed E-state index contributed by atoms with van der Waals surface area (Å²) in [7, 11) is 0. The third-order valence-electron chi connectivity index (χ3n) is 3.48. The molecule has 0 aromatic carbocycles. The molecule has 0 bridgehead atoms. The van der Waals surface area contributed by atoms with Crippen LogP contribution >= 0.6 is 22.9 Å². The van der Waals surface area contributed by atoms with Gasteiger partial charge in [-0.1, -0.05) is 13.3 Å². The fraction of sp³-hybridized carbons (Fsp3) is 0.750. The highest BCUT2D eigenvalue weighted by Crippen LogP contribution is 2.38. The number of alkyl halides is 1. The van der Waals surface area contributed by atoms with E-state index in [0.717, 1.165) is 11.8 Å². The molecule has 15 heavy (non-hydrogen) atoms. The Balaban J connectivity index is 1.95. The summed E-state index contributed by atoms with van der Waals surface area (Å²) in [5.41, 5.74) is 0. The summed E-state index contributed by atoms with van der Waals surface area (Å²) in [6, 6.07) is 0. The van der Waals surface area contributed by atoms with Gasteiger partial charge < -0.3 is 0 Å². The molecular weight excluding hydrogens is 226 g/mol. The van der Waals surface area contributed by atoms with Crippen molar-refractivity contribution in [3.8, 4) is 0 Å². The van der Waals surface area contributed by atoms with Crippen LogP contribution < -0.4 is 0 Å². The number of hydrogen-bond acceptors (Lipinski definition) is 2. The van der Waals surface area contributed by atoms with Crippen LogP contribution in [-0.2, 0) is 5.88 Å². The van der Waals surface area contributed by atoms with E-state index in [1.165, 1.54) is 42.0 Å². The zero-order valence-corrected chi connectivity index (χ0v) is 10.8. The monoisotopic (exact) mass is 243 g/mol. The molecule has 1 aromatic rings. The highest BCUT2D eigenvalue weighted by molar-refractivity contribution is 7.11. The number of halogens is 1. The van der Waals surface area contributed by atoms with E-state index in [4.69, 9.17) is 11.6 Å². The predicted octanol–water partition coefficient (Wildman–Crippen LogP) is 4.57. The molecule has 2 rings (SSSR count). The van der Waals surface area contributed by atoms with Crippen LogP contribution in [0.5, 0.6) is 0 Å². The summed E-state index contributed by atoms with van der Waals surface area (Å²) in [4.78, 5) is 5.71. The first-order chi connectivity index (χ1) is 7.33. The number of nitrogens with zero attached hydrogens (tertiary/aromatic N) is 1. The van der Waals surface area contributed by atoms with Gasteiger partial charge in [0.2, 0.25) is 0 Å². The summed E-state index contributed by atoms with van der Waals surface area (Å²) >= 11 is 7.60. The van der Waals surface area contributed by atoms with Gasteiger partial charge in [-0.3, -0.25) is 0 Å². The fourth-order valence-electron chi connectivity index (χ4n) is 2.39. The maximum Gasteiger partial charge on any atom is 0.0959 e. The molecule has 3 heteroatoms. The average molecular weight is 244 g/mol. The predicted molar refractivity (Wildman–Crippen MR) is 66.7 cm³/mol. The lowest BCUT2D eigenvalue weighted by Crippen LogP contribution is -2.12. The number of aromatic nitrogens is 1. The van der Waals surface area contributed by atoms with Crippen LogP contribution in [0.25, 0.3) is 0 Å². The van der Waals surface area contributed by atoms with E-state index in [9.17, 15) is 0 Å². The molecule has 84 valence electrons. The van der Waals surface area contributed by atoms with E-state index < -0.39 is 0 Å². The molecule has 0 unspecified atom stereocenters. The van der Waals surface area contributed by atoms with Crippen LogP contribution in [0.3, 0.4) is 0 Å². The van der Waals surface area contributed by atoms with Crippen LogP contribution in [0, 0.1) is 5.92 Å². The minimum absolute atomic E-state index is 0.613. The van der Waals surface area contributed by atoms with Gasteiger partial charge >= 0.3 is 0 Å². The summed E-state index contributed by atoms with van der Waals surface area (Å²) in [5.74, 6) is 2.30. The van der Waals surface area contributed by atoms with Gasteiger partial charge in [0, 0.05) is 17.0 Å². The highest BCUT2D eigenvalue weighted by atomic mass is 35.5. The lowest BCUT2D eigenvalue weighted by Gasteiger charge is -2.26. The molecule has 0 amide bonds. The zero-order chi connectivity index (χ0) is 10.7. The molecule has 0 N–H and O–H groups in total. The van der Waals surface area contributed by atoms with Crippen molar-refractivity contribution in [3.05, 3.63) is 16.1 Å². The molecular formula is C12H18ClNS. The quantitative estimate of drug-likeness (QED) is 0.709. The minimum Gasteiger partial charge on any atom is -0.249 e. The Kier molecular flexibility index (Phi) is 4.04. The Hall–Kier alpha value is -0.0800. The molecule has 1 aliphatic carbocycles. The molecule has 1 saturated carbocycles. The van der Waals surface area contributed by atoms with Gasteiger partial charge in [0.25, 0.3) is 0 Å². The fourth-order valence-corrected chi connectivity index (χ4v) is 3.56. The van der Waals surface area contributed by atoms with Crippen LogP contribution in [0.1, 0.15) is 54.8 Å². The summed E-state index contributed by atoms with van der Waals surface area (Å²) in [6.45, 7) is 2.31. The summed E-state index contributed by atoms with van der Waals surface area (Å²) in [5, 5.41) is 1.32. The number of rotatable bonds is 3. The highest BCUT2D eigenvalue weighted by Gasteiger charge is 2.23. The largest absolute Gasteiger partial charge is 0.249 e. The van der Waals surface area contributed by atoms with Crippen molar-refractivity contribution in [2.24, 2.45) is 5.92 Å². The standard InChI is InChI=1S/C12H18ClNS/c1-2-9-3-5-10(6-4-9)12-14-8-11(7-13)15-12/h8-10H,2-7H2,1H3. The van der Waals surface area contributed by atoms with Crippen LogP contribution in [0.2, 0.25) is 0 Å². The van der Waals surface area contributed by atoms with Crippen LogP contribution in [0.4, 0.5) is 0 Å². The van der Waals surface area contributed by atoms with E-state index in [2.05, 4.69) is 11.9 Å². The van der Waals surface area contributed by atoms with Gasteiger partial charge in [0.05, 0.1) is 10.9 Å². The van der Waals surface area contributed by atoms with Crippen molar-refractivity contribution >= 4 is 22.9 Å². The van der Waals surface area contributed by atoms with Gasteiger partial charge in [0.15, 0.2) is 0 Å². The lowest BCUT2D eigenvalue weighted by atomic mass is 9.81. The first-order valence-corrected chi connectivity index (χ1v) is 7.19. The molecule has 1 aromatic heterocycles. The second kappa shape index (κ2) is 5.31. The molecule has 1 heterocycles. The zero-order valence-electron chi connectivity index (χ0n) is 9.21. The maximum atomic E-state index is 5.80. The van der Waals surface area contributed by atoms with Crippen molar-refractivity contribution in [1.29, 1.82) is 0 Å². The Morgan fingerprint density at radius 1 is 1.40 bits per heavy atom. The SMILES string of the molecule is CCC1CCC(c2ncc(CCl)s2)CC1. The Labute approximate surface area is 101 Å². The first-order valence-electron chi connectivity index (χ1n) is 5.84. The van der Waals surface area contributed by atoms with Crippen LogP contribution in [-0.4, -0.2) is 4.98 Å². The Morgan fingerprint density at radius 2 is 2.13 bits per heavy atom. The molecule has 1 nitrogen and oxygen atoms in total. The van der Waals surface area contributed by atoms with E-state index in [1.54, 1.807) is 11.3 Å². The molecule has 0 radical (unpaired) electrons. The molecule has 0 aliphatic heterocycles. The third kappa shape index (κ3) is 2.73. The normalized spacial score (nSPS) is 26.8. The molecule has 1 fully saturated rings. The van der Waals surface area contributed by atoms with Crippen molar-refractivity contribution in [2.45, 2.75) is 50.8 Å². The van der Waals surface area contributed by atoms with E-state index in [1.807, 2.05) is 6.20 Å². The van der Waals surface area contributed by atoms with Crippen molar-refractivity contribution < 1.29 is 0 Å². The second-order valence-corrected chi connectivity index (χ2v) is 5.84. The minimum atomic E-state index is 0.613. The van der Waals surface area contributed by atoms with Crippen molar-refractivity contribution in [1.82, 2.24) is 4.98 Å². The smallest absolute Gasteiger partial charge is 0.0959 e. The van der Waals surface area contributed by atoms with Gasteiger partial charge in [-0.15, -0.1) is 22.9 Å².